The molecule has 70 heavy (non-hydrogen) atoms. The second-order valence-corrected chi connectivity index (χ2v) is 15.8. The molecule has 2 aliphatic rings. The van der Waals surface area contributed by atoms with Gasteiger partial charge in [-0.05, 0) is 77.2 Å². The van der Waals surface area contributed by atoms with Gasteiger partial charge < -0.3 is 0 Å². The first-order valence-corrected chi connectivity index (χ1v) is 19.6. The van der Waals surface area contributed by atoms with E-state index in [1.807, 2.05) is 0 Å². The van der Waals surface area contributed by atoms with E-state index in [2.05, 4.69) is 0 Å². The Balaban J connectivity index is 1.37. The lowest BCUT2D eigenvalue weighted by molar-refractivity contribution is 0.381. The molecule has 2 aliphatic carbocycles. The van der Waals surface area contributed by atoms with E-state index in [1.165, 1.54) is 0 Å². The maximum Gasteiger partial charge on any atom is 0.200 e. The molecule has 350 valence electrons. The highest BCUT2D eigenvalue weighted by Crippen LogP contribution is 2.64. The molecule has 9 aromatic carbocycles. The van der Waals surface area contributed by atoms with Crippen molar-refractivity contribution in [3.05, 3.63) is 177 Å². The van der Waals surface area contributed by atoms with E-state index >= 15 is 52.7 Å². The highest BCUT2D eigenvalue weighted by molar-refractivity contribution is 6.33. The SMILES string of the molecule is Fc1c(F)c(F)c(-c2ccc(-c3c(F)c(F)c(F)c(F)c3F)c3c2-c2ccc4c5c(ccc-3c25)-c2c-4c(-c3c(F)c(F)c(F)c(F)c3F)c3ccccc3c2-c2c(F)c(F)c(F)c(F)c2F)c(F)c1F. The Morgan fingerprint density at radius 2 is 0.357 bits per heavy atom. The van der Waals surface area contributed by atoms with Crippen LogP contribution in [0.4, 0.5) is 87.8 Å². The number of rotatable bonds is 4. The van der Waals surface area contributed by atoms with Gasteiger partial charge in [-0.25, -0.2) is 87.8 Å². The van der Waals surface area contributed by atoms with Gasteiger partial charge in [0.15, 0.2) is 93.1 Å². The molecule has 0 unspecified atom stereocenters. The molecule has 0 bridgehead atoms. The van der Waals surface area contributed by atoms with E-state index < -0.39 is 227 Å². The Morgan fingerprint density at radius 1 is 0.157 bits per heavy atom. The first-order chi connectivity index (χ1) is 33.1. The Morgan fingerprint density at radius 3 is 0.614 bits per heavy atom. The van der Waals surface area contributed by atoms with Crippen LogP contribution in [-0.2, 0) is 0 Å². The number of hydrogen-bond acceptors (Lipinski definition) is 0. The molecule has 0 aliphatic heterocycles. The largest absolute Gasteiger partial charge is 0.203 e. The Labute approximate surface area is 374 Å². The minimum atomic E-state index is -2.64. The van der Waals surface area contributed by atoms with E-state index in [0.717, 1.165) is 48.5 Å². The summed E-state index contributed by atoms with van der Waals surface area (Å²) in [6.45, 7) is 0. The van der Waals surface area contributed by atoms with Crippen molar-refractivity contribution < 1.29 is 87.8 Å². The topological polar surface area (TPSA) is 0 Å². The second-order valence-electron chi connectivity index (χ2n) is 15.8. The minimum Gasteiger partial charge on any atom is -0.203 e. The van der Waals surface area contributed by atoms with Gasteiger partial charge in [-0.2, -0.15) is 0 Å². The molecular formula is C50H10F20. The Hall–Kier alpha value is -7.90. The van der Waals surface area contributed by atoms with Crippen LogP contribution in [0.2, 0.25) is 0 Å². The molecule has 0 atom stereocenters. The van der Waals surface area contributed by atoms with Crippen LogP contribution in [0.15, 0.2) is 60.7 Å². The van der Waals surface area contributed by atoms with Crippen LogP contribution in [0.5, 0.6) is 0 Å². The lowest BCUT2D eigenvalue weighted by atomic mass is 9.81. The van der Waals surface area contributed by atoms with Gasteiger partial charge in [0, 0.05) is 11.1 Å². The van der Waals surface area contributed by atoms with Gasteiger partial charge in [0.2, 0.25) is 23.3 Å². The molecule has 0 saturated heterocycles. The molecule has 0 radical (unpaired) electrons. The van der Waals surface area contributed by atoms with Crippen molar-refractivity contribution in [1.82, 2.24) is 0 Å². The van der Waals surface area contributed by atoms with Crippen molar-refractivity contribution in [2.24, 2.45) is 0 Å². The number of halogens is 20. The monoisotopic (exact) mass is 990 g/mol. The van der Waals surface area contributed by atoms with E-state index in [0.29, 0.717) is 12.1 Å². The van der Waals surface area contributed by atoms with Crippen LogP contribution < -0.4 is 0 Å². The molecule has 0 nitrogen and oxygen atoms in total. The highest BCUT2D eigenvalue weighted by atomic mass is 19.2. The average molecular weight is 991 g/mol. The van der Waals surface area contributed by atoms with Crippen LogP contribution in [0.1, 0.15) is 0 Å². The molecular weight excluding hydrogens is 981 g/mol. The van der Waals surface area contributed by atoms with Gasteiger partial charge in [-0.1, -0.05) is 60.7 Å². The van der Waals surface area contributed by atoms with Crippen LogP contribution >= 0.6 is 0 Å². The molecule has 9 aromatic rings. The third-order valence-electron chi connectivity index (χ3n) is 12.5. The first kappa shape index (κ1) is 44.6. The van der Waals surface area contributed by atoms with Crippen molar-refractivity contribution in [2.75, 3.05) is 0 Å². The zero-order valence-electron chi connectivity index (χ0n) is 33.3. The van der Waals surface area contributed by atoms with Gasteiger partial charge in [-0.3, -0.25) is 0 Å². The summed E-state index contributed by atoms with van der Waals surface area (Å²) >= 11 is 0. The van der Waals surface area contributed by atoms with Crippen LogP contribution in [-0.4, -0.2) is 0 Å². The summed E-state index contributed by atoms with van der Waals surface area (Å²) in [6.07, 6.45) is 0. The van der Waals surface area contributed by atoms with E-state index in [-0.39, 0.29) is 0 Å². The Bertz CT molecular complexity index is 3640. The fourth-order valence-corrected chi connectivity index (χ4v) is 9.74. The summed E-state index contributed by atoms with van der Waals surface area (Å²) in [5, 5.41) is -2.10. The third-order valence-corrected chi connectivity index (χ3v) is 12.5. The van der Waals surface area contributed by atoms with E-state index in [4.69, 9.17) is 0 Å². The lowest BCUT2D eigenvalue weighted by Gasteiger charge is -2.22. The van der Waals surface area contributed by atoms with E-state index in [1.54, 1.807) is 0 Å². The summed E-state index contributed by atoms with van der Waals surface area (Å²) in [5.74, 6) is -50.6. The zero-order valence-corrected chi connectivity index (χ0v) is 33.3. The minimum absolute atomic E-state index is 0.404. The fourth-order valence-electron chi connectivity index (χ4n) is 9.74. The number of hydrogen-bond donors (Lipinski definition) is 0. The van der Waals surface area contributed by atoms with Crippen molar-refractivity contribution in [3.8, 4) is 89.0 Å². The summed E-state index contributed by atoms with van der Waals surface area (Å²) in [4.78, 5) is 0. The number of benzene rings is 9. The quantitative estimate of drug-likeness (QED) is 0.0936. The van der Waals surface area contributed by atoms with Crippen LogP contribution in [0, 0.1) is 116 Å². The fraction of sp³-hybridized carbons (Fsp3) is 0. The second kappa shape index (κ2) is 14.8. The molecule has 20 heteroatoms. The predicted molar refractivity (Wildman–Crippen MR) is 211 cm³/mol. The van der Waals surface area contributed by atoms with Gasteiger partial charge in [-0.15, -0.1) is 0 Å². The maximum atomic E-state index is 16.2. The van der Waals surface area contributed by atoms with Gasteiger partial charge in [0.1, 0.15) is 0 Å². The average Bonchev–Trinajstić information content (AvgIpc) is 3.87. The van der Waals surface area contributed by atoms with Crippen molar-refractivity contribution >= 4 is 21.5 Å². The normalized spacial score (nSPS) is 12.3. The molecule has 0 spiro atoms. The van der Waals surface area contributed by atoms with Gasteiger partial charge in [0.25, 0.3) is 0 Å². The lowest BCUT2D eigenvalue weighted by Crippen LogP contribution is -2.07. The van der Waals surface area contributed by atoms with Gasteiger partial charge in [0.05, 0.1) is 22.3 Å². The molecule has 0 aromatic heterocycles. The summed E-state index contributed by atoms with van der Waals surface area (Å²) in [6, 6.07) is 8.76. The first-order valence-electron chi connectivity index (χ1n) is 19.6. The maximum absolute atomic E-state index is 16.2. The molecule has 0 amide bonds. The number of fused-ring (bicyclic) bond motifs is 7. The van der Waals surface area contributed by atoms with Crippen LogP contribution in [0.3, 0.4) is 0 Å². The van der Waals surface area contributed by atoms with Gasteiger partial charge >= 0.3 is 0 Å². The smallest absolute Gasteiger partial charge is 0.200 e. The van der Waals surface area contributed by atoms with Crippen LogP contribution in [0.25, 0.3) is 111 Å². The Kier molecular flexibility index (Phi) is 9.43. The predicted octanol–water partition coefficient (Wildman–Crippen LogP) is 16.7. The summed E-state index contributed by atoms with van der Waals surface area (Å²) in [5.41, 5.74) is -15.5. The van der Waals surface area contributed by atoms with Crippen molar-refractivity contribution in [3.63, 3.8) is 0 Å². The summed E-state index contributed by atoms with van der Waals surface area (Å²) in [7, 11) is 0. The molecule has 11 rings (SSSR count). The summed E-state index contributed by atoms with van der Waals surface area (Å²) < 4.78 is 306. The molecule has 0 heterocycles. The van der Waals surface area contributed by atoms with Crippen molar-refractivity contribution in [1.29, 1.82) is 0 Å². The molecule has 0 N–H and O–H groups in total. The standard InChI is InChI=1S/C50H10F20/c51-31-27(32(52)40(60)47(67)39(31)59)17-9-10-18(28-33(53)41(61)48(68)42(62)34(28)54)21-14-6-8-16-22-15(7-5-13(19(14)22)20(17)21)25-23(29-35(55)43(63)49(69)44(64)36(29)56)11-3-1-2-4-12(11)24(26(16)25)30-37(57)45(65)50(70)46(66)38(30)58/h1-10H. The molecule has 0 saturated carbocycles. The van der Waals surface area contributed by atoms with E-state index in [9.17, 15) is 35.1 Å². The highest BCUT2D eigenvalue weighted by Gasteiger charge is 2.42. The van der Waals surface area contributed by atoms with Crippen molar-refractivity contribution in [2.45, 2.75) is 0 Å². The molecule has 0 fully saturated rings. The zero-order chi connectivity index (χ0) is 50.2. The third kappa shape index (κ3) is 5.35.